The molecule has 0 saturated carbocycles. The number of nitrogens with one attached hydrogen (secondary N) is 2. The van der Waals surface area contributed by atoms with E-state index < -0.39 is 10.0 Å². The van der Waals surface area contributed by atoms with Crippen molar-refractivity contribution in [2.75, 3.05) is 4.72 Å². The Labute approximate surface area is 213 Å². The molecule has 0 saturated heterocycles. The fourth-order valence-electron chi connectivity index (χ4n) is 4.27. The first kappa shape index (κ1) is 25.2. The molecule has 0 bridgehead atoms. The second-order valence-corrected chi connectivity index (χ2v) is 10.7. The van der Waals surface area contributed by atoms with Crippen LogP contribution in [0.4, 0.5) is 5.69 Å². The summed E-state index contributed by atoms with van der Waals surface area (Å²) in [5.41, 5.74) is 6.19. The van der Waals surface area contributed by atoms with Crippen LogP contribution < -0.4 is 10.0 Å². The van der Waals surface area contributed by atoms with Crippen molar-refractivity contribution < 1.29 is 13.2 Å². The number of aryl methyl sites for hydroxylation is 4. The molecule has 6 heteroatoms. The zero-order valence-electron chi connectivity index (χ0n) is 20.9. The number of hydrogen-bond acceptors (Lipinski definition) is 3. The van der Waals surface area contributed by atoms with Gasteiger partial charge in [0.1, 0.15) is 0 Å². The lowest BCUT2D eigenvalue weighted by Gasteiger charge is -2.22. The Hall–Kier alpha value is -3.90. The Morgan fingerprint density at radius 1 is 0.722 bits per heavy atom. The summed E-state index contributed by atoms with van der Waals surface area (Å²) in [6.07, 6.45) is 0. The largest absolute Gasteiger partial charge is 0.341 e. The molecule has 4 rings (SSSR count). The molecule has 4 aromatic carbocycles. The first-order chi connectivity index (χ1) is 17.2. The van der Waals surface area contributed by atoms with Crippen LogP contribution in [0.5, 0.6) is 0 Å². The summed E-state index contributed by atoms with van der Waals surface area (Å²) in [5.74, 6) is -0.352. The van der Waals surface area contributed by atoms with E-state index >= 15 is 0 Å². The van der Waals surface area contributed by atoms with Gasteiger partial charge in [-0.2, -0.15) is 0 Å². The van der Waals surface area contributed by atoms with Crippen molar-refractivity contribution in [1.82, 2.24) is 5.32 Å². The second-order valence-electron chi connectivity index (χ2n) is 9.08. The Balaban J connectivity index is 1.67. The van der Waals surface area contributed by atoms with Crippen molar-refractivity contribution >= 4 is 21.6 Å². The molecule has 0 aromatic heterocycles. The van der Waals surface area contributed by atoms with Crippen molar-refractivity contribution in [3.05, 3.63) is 130 Å². The molecule has 0 aliphatic rings. The van der Waals surface area contributed by atoms with E-state index in [2.05, 4.69) is 10.0 Å². The van der Waals surface area contributed by atoms with Crippen molar-refractivity contribution in [1.29, 1.82) is 0 Å². The molecule has 184 valence electrons. The van der Waals surface area contributed by atoms with E-state index in [9.17, 15) is 13.2 Å². The molecule has 1 amide bonds. The maximum Gasteiger partial charge on any atom is 0.262 e. The molecule has 0 radical (unpaired) electrons. The smallest absolute Gasteiger partial charge is 0.262 e. The quantitative estimate of drug-likeness (QED) is 0.317. The van der Waals surface area contributed by atoms with Gasteiger partial charge in [-0.3, -0.25) is 9.52 Å². The standard InChI is InChI=1S/C30H30N2O3S/c1-20-14-17-27(23(4)18-20)32-36(34,35)28-19-25(16-15-22(28)3)30(33)31-29(24-11-6-5-7-12-24)26-13-9-8-10-21(26)2/h5-19,29,32H,1-4H3,(H,31,33)/t29-/m0/s1. The summed E-state index contributed by atoms with van der Waals surface area (Å²) in [6.45, 7) is 7.54. The van der Waals surface area contributed by atoms with Gasteiger partial charge in [-0.25, -0.2) is 8.42 Å². The molecule has 4 aromatic rings. The molecule has 0 aliphatic heterocycles. The molecule has 0 heterocycles. The average molecular weight is 499 g/mol. The Bertz CT molecular complexity index is 1510. The summed E-state index contributed by atoms with van der Waals surface area (Å²) in [4.78, 5) is 13.5. The highest BCUT2D eigenvalue weighted by Gasteiger charge is 2.23. The van der Waals surface area contributed by atoms with Gasteiger partial charge in [0.25, 0.3) is 15.9 Å². The Morgan fingerprint density at radius 2 is 1.42 bits per heavy atom. The van der Waals surface area contributed by atoms with E-state index in [-0.39, 0.29) is 22.4 Å². The first-order valence-electron chi connectivity index (χ1n) is 11.8. The lowest BCUT2D eigenvalue weighted by molar-refractivity contribution is 0.0942. The predicted molar refractivity (Wildman–Crippen MR) is 145 cm³/mol. The van der Waals surface area contributed by atoms with E-state index in [1.165, 1.54) is 6.07 Å². The minimum absolute atomic E-state index is 0.0716. The third-order valence-electron chi connectivity index (χ3n) is 6.27. The molecule has 0 unspecified atom stereocenters. The summed E-state index contributed by atoms with van der Waals surface area (Å²) in [6, 6.07) is 27.5. The fourth-order valence-corrected chi connectivity index (χ4v) is 5.67. The minimum atomic E-state index is -3.90. The van der Waals surface area contributed by atoms with Gasteiger partial charge < -0.3 is 5.32 Å². The van der Waals surface area contributed by atoms with Crippen LogP contribution in [0.15, 0.2) is 95.9 Å². The number of carbonyl (C=O) groups is 1. The Morgan fingerprint density at radius 3 is 2.11 bits per heavy atom. The summed E-state index contributed by atoms with van der Waals surface area (Å²) >= 11 is 0. The van der Waals surface area contributed by atoms with Crippen molar-refractivity contribution in [3.8, 4) is 0 Å². The van der Waals surface area contributed by atoms with Crippen LogP contribution in [0.2, 0.25) is 0 Å². The van der Waals surface area contributed by atoms with Crippen LogP contribution in [-0.2, 0) is 10.0 Å². The van der Waals surface area contributed by atoms with Crippen LogP contribution in [-0.4, -0.2) is 14.3 Å². The zero-order valence-corrected chi connectivity index (χ0v) is 21.7. The van der Waals surface area contributed by atoms with Crippen molar-refractivity contribution in [2.45, 2.75) is 38.6 Å². The molecule has 1 atom stereocenters. The summed E-state index contributed by atoms with van der Waals surface area (Å²) in [7, 11) is -3.90. The minimum Gasteiger partial charge on any atom is -0.341 e. The topological polar surface area (TPSA) is 75.3 Å². The van der Waals surface area contributed by atoms with E-state index in [1.54, 1.807) is 25.1 Å². The molecule has 0 fully saturated rings. The number of rotatable bonds is 7. The van der Waals surface area contributed by atoms with Crippen molar-refractivity contribution in [2.24, 2.45) is 0 Å². The van der Waals surface area contributed by atoms with Gasteiger partial charge in [-0.05, 0) is 73.7 Å². The number of hydrogen-bond donors (Lipinski definition) is 2. The SMILES string of the molecule is Cc1ccc(NS(=O)(=O)c2cc(C(=O)N[C@@H](c3ccccc3)c3ccccc3C)ccc2C)c(C)c1. The van der Waals surface area contributed by atoms with Gasteiger partial charge in [0, 0.05) is 5.56 Å². The highest BCUT2D eigenvalue weighted by atomic mass is 32.2. The zero-order chi connectivity index (χ0) is 25.9. The van der Waals surface area contributed by atoms with Crippen LogP contribution in [0, 0.1) is 27.7 Å². The molecular weight excluding hydrogens is 468 g/mol. The highest BCUT2D eigenvalue weighted by Crippen LogP contribution is 2.27. The van der Waals surface area contributed by atoms with Gasteiger partial charge in [0.05, 0.1) is 16.6 Å². The highest BCUT2D eigenvalue weighted by molar-refractivity contribution is 7.92. The lowest BCUT2D eigenvalue weighted by atomic mass is 9.94. The fraction of sp³-hybridized carbons (Fsp3) is 0.167. The monoisotopic (exact) mass is 498 g/mol. The average Bonchev–Trinajstić information content (AvgIpc) is 2.85. The number of carbonyl (C=O) groups excluding carboxylic acids is 1. The number of sulfonamides is 1. The molecule has 5 nitrogen and oxygen atoms in total. The van der Waals surface area contributed by atoms with E-state index in [4.69, 9.17) is 0 Å². The molecule has 2 N–H and O–H groups in total. The summed E-state index contributed by atoms with van der Waals surface area (Å²) in [5, 5.41) is 3.12. The van der Waals surface area contributed by atoms with Crippen molar-refractivity contribution in [3.63, 3.8) is 0 Å². The van der Waals surface area contributed by atoms with Gasteiger partial charge in [-0.15, -0.1) is 0 Å². The van der Waals surface area contributed by atoms with E-state index in [0.717, 1.165) is 27.8 Å². The lowest BCUT2D eigenvalue weighted by Crippen LogP contribution is -2.30. The predicted octanol–water partition coefficient (Wildman–Crippen LogP) is 6.24. The van der Waals surface area contributed by atoms with Gasteiger partial charge in [0.2, 0.25) is 0 Å². The molecule has 0 aliphatic carbocycles. The second kappa shape index (κ2) is 10.4. The summed E-state index contributed by atoms with van der Waals surface area (Å²) < 4.78 is 29.3. The first-order valence-corrected chi connectivity index (χ1v) is 13.3. The van der Waals surface area contributed by atoms with E-state index in [0.29, 0.717) is 11.3 Å². The molecular formula is C30H30N2O3S. The van der Waals surface area contributed by atoms with Crippen LogP contribution >= 0.6 is 0 Å². The number of anilines is 1. The van der Waals surface area contributed by atoms with Crippen LogP contribution in [0.3, 0.4) is 0 Å². The van der Waals surface area contributed by atoms with Crippen LogP contribution in [0.1, 0.15) is 49.8 Å². The van der Waals surface area contributed by atoms with Crippen LogP contribution in [0.25, 0.3) is 0 Å². The Kier molecular flexibility index (Phi) is 7.27. The van der Waals surface area contributed by atoms with Gasteiger partial charge in [-0.1, -0.05) is 78.4 Å². The maximum absolute atomic E-state index is 13.4. The third-order valence-corrected chi connectivity index (χ3v) is 7.78. The maximum atomic E-state index is 13.4. The number of amides is 1. The third kappa shape index (κ3) is 5.50. The molecule has 36 heavy (non-hydrogen) atoms. The normalized spacial score (nSPS) is 12.1. The van der Waals surface area contributed by atoms with Gasteiger partial charge in [0.15, 0.2) is 0 Å². The van der Waals surface area contributed by atoms with E-state index in [1.807, 2.05) is 87.5 Å². The number of benzene rings is 4. The van der Waals surface area contributed by atoms with Gasteiger partial charge >= 0.3 is 0 Å². The molecule has 0 spiro atoms.